The van der Waals surface area contributed by atoms with Gasteiger partial charge in [-0.05, 0) is 35.9 Å². The van der Waals surface area contributed by atoms with E-state index < -0.39 is 10.0 Å². The van der Waals surface area contributed by atoms with E-state index >= 15 is 0 Å². The van der Waals surface area contributed by atoms with Gasteiger partial charge in [0.25, 0.3) is 0 Å². The molecule has 0 amide bonds. The topological polar surface area (TPSA) is 96.4 Å². The molecule has 8 heteroatoms. The molecule has 2 aromatic carbocycles. The van der Waals surface area contributed by atoms with Crippen molar-refractivity contribution in [2.24, 2.45) is 5.14 Å². The molecule has 0 radical (unpaired) electrons. The van der Waals surface area contributed by atoms with E-state index in [1.165, 1.54) is 0 Å². The first kappa shape index (κ1) is 18.3. The lowest BCUT2D eigenvalue weighted by atomic mass is 10.1. The third-order valence-electron chi connectivity index (χ3n) is 4.61. The molecule has 0 unspecified atom stereocenters. The fourth-order valence-electron chi connectivity index (χ4n) is 3.39. The molecule has 2 aromatic heterocycles. The van der Waals surface area contributed by atoms with E-state index in [0.29, 0.717) is 17.1 Å². The molecule has 28 heavy (non-hydrogen) atoms. The highest BCUT2D eigenvalue weighted by atomic mass is 32.2. The maximum Gasteiger partial charge on any atom is 0.213 e. The number of nitrogens with zero attached hydrogens (tertiary/aromatic N) is 2. The van der Waals surface area contributed by atoms with Crippen molar-refractivity contribution in [1.82, 2.24) is 9.55 Å². The van der Waals surface area contributed by atoms with Crippen LogP contribution in [0.25, 0.3) is 27.5 Å². The summed E-state index contributed by atoms with van der Waals surface area (Å²) in [6, 6.07) is 13.1. The number of methoxy groups -OCH3 is 2. The van der Waals surface area contributed by atoms with Crippen LogP contribution in [0.15, 0.2) is 54.9 Å². The molecule has 4 rings (SSSR count). The SMILES string of the molecule is COc1cc2nccc(-n3ccc4cc(CS(N)(=O)=O)ccc43)c2cc1OC. The maximum absolute atomic E-state index is 11.4. The quantitative estimate of drug-likeness (QED) is 0.558. The molecule has 0 aliphatic carbocycles. The molecule has 0 bridgehead atoms. The zero-order valence-electron chi connectivity index (χ0n) is 15.4. The molecule has 7 nitrogen and oxygen atoms in total. The number of fused-ring (bicyclic) bond motifs is 2. The van der Waals surface area contributed by atoms with Gasteiger partial charge in [-0.25, -0.2) is 13.6 Å². The second-order valence-corrected chi connectivity index (χ2v) is 8.05. The Morgan fingerprint density at radius 2 is 1.79 bits per heavy atom. The summed E-state index contributed by atoms with van der Waals surface area (Å²) >= 11 is 0. The molecule has 0 aliphatic rings. The monoisotopic (exact) mass is 397 g/mol. The van der Waals surface area contributed by atoms with Crippen molar-refractivity contribution in [3.05, 3.63) is 60.4 Å². The largest absolute Gasteiger partial charge is 0.493 e. The highest BCUT2D eigenvalue weighted by molar-refractivity contribution is 7.88. The van der Waals surface area contributed by atoms with Crippen LogP contribution in [0.4, 0.5) is 0 Å². The average Bonchev–Trinajstić information content (AvgIpc) is 3.08. The Hall–Kier alpha value is -3.10. The number of rotatable bonds is 5. The van der Waals surface area contributed by atoms with Gasteiger partial charge in [0, 0.05) is 29.2 Å². The number of sulfonamides is 1. The molecular formula is C20H19N3O4S. The number of benzene rings is 2. The fourth-order valence-corrected chi connectivity index (χ4v) is 4.04. The van der Waals surface area contributed by atoms with Crippen molar-refractivity contribution >= 4 is 31.8 Å². The summed E-state index contributed by atoms with van der Waals surface area (Å²) in [5.74, 6) is 1.05. The van der Waals surface area contributed by atoms with E-state index in [2.05, 4.69) is 4.98 Å². The first-order chi connectivity index (χ1) is 13.4. The molecule has 2 heterocycles. The lowest BCUT2D eigenvalue weighted by molar-refractivity contribution is 0.356. The van der Waals surface area contributed by atoms with Gasteiger partial charge in [-0.1, -0.05) is 6.07 Å². The first-order valence-corrected chi connectivity index (χ1v) is 10.2. The summed E-state index contributed by atoms with van der Waals surface area (Å²) in [5, 5.41) is 6.99. The van der Waals surface area contributed by atoms with Gasteiger partial charge in [0.15, 0.2) is 11.5 Å². The molecule has 0 saturated heterocycles. The van der Waals surface area contributed by atoms with E-state index in [1.54, 1.807) is 26.5 Å². The first-order valence-electron chi connectivity index (χ1n) is 8.51. The van der Waals surface area contributed by atoms with Gasteiger partial charge in [0.05, 0.1) is 36.7 Å². The Morgan fingerprint density at radius 3 is 2.50 bits per heavy atom. The number of aromatic nitrogens is 2. The van der Waals surface area contributed by atoms with Crippen LogP contribution in [0.3, 0.4) is 0 Å². The van der Waals surface area contributed by atoms with Crippen LogP contribution in [-0.4, -0.2) is 32.2 Å². The van der Waals surface area contributed by atoms with Gasteiger partial charge in [0.1, 0.15) is 0 Å². The van der Waals surface area contributed by atoms with Gasteiger partial charge in [-0.2, -0.15) is 0 Å². The Labute approximate surface area is 162 Å². The van der Waals surface area contributed by atoms with Crippen LogP contribution in [0.1, 0.15) is 5.56 Å². The standard InChI is InChI=1S/C20H19N3O4S/c1-26-19-10-15-16(11-20(19)27-2)22-7-5-18(15)23-8-6-14-9-13(3-4-17(14)23)12-28(21,24)25/h3-11H,12H2,1-2H3,(H2,21,24,25). The molecule has 4 aromatic rings. The van der Waals surface area contributed by atoms with Crippen LogP contribution in [-0.2, 0) is 15.8 Å². The van der Waals surface area contributed by atoms with E-state index in [9.17, 15) is 8.42 Å². The third kappa shape index (κ3) is 3.28. The number of pyridine rings is 1. The summed E-state index contributed by atoms with van der Waals surface area (Å²) < 4.78 is 35.6. The predicted molar refractivity (Wildman–Crippen MR) is 108 cm³/mol. The highest BCUT2D eigenvalue weighted by Gasteiger charge is 2.13. The fraction of sp³-hybridized carbons (Fsp3) is 0.150. The molecule has 144 valence electrons. The highest BCUT2D eigenvalue weighted by Crippen LogP contribution is 2.35. The smallest absolute Gasteiger partial charge is 0.213 e. The average molecular weight is 397 g/mol. The van der Waals surface area contributed by atoms with Crippen molar-refractivity contribution in [2.45, 2.75) is 5.75 Å². The van der Waals surface area contributed by atoms with Gasteiger partial charge < -0.3 is 14.0 Å². The minimum absolute atomic E-state index is 0.191. The van der Waals surface area contributed by atoms with Crippen LogP contribution < -0.4 is 14.6 Å². The van der Waals surface area contributed by atoms with Crippen molar-refractivity contribution in [1.29, 1.82) is 0 Å². The Morgan fingerprint density at radius 1 is 1.04 bits per heavy atom. The summed E-state index contributed by atoms with van der Waals surface area (Å²) in [4.78, 5) is 4.44. The second-order valence-electron chi connectivity index (χ2n) is 6.44. The zero-order valence-corrected chi connectivity index (χ0v) is 16.2. The van der Waals surface area contributed by atoms with E-state index in [0.717, 1.165) is 27.5 Å². The van der Waals surface area contributed by atoms with Crippen molar-refractivity contribution in [2.75, 3.05) is 14.2 Å². The van der Waals surface area contributed by atoms with E-state index in [-0.39, 0.29) is 5.75 Å². The molecular weight excluding hydrogens is 378 g/mol. The zero-order chi connectivity index (χ0) is 19.9. The lowest BCUT2D eigenvalue weighted by Crippen LogP contribution is -2.14. The number of primary sulfonamides is 1. The summed E-state index contributed by atoms with van der Waals surface area (Å²) in [7, 11) is -0.391. The summed E-state index contributed by atoms with van der Waals surface area (Å²) in [6.45, 7) is 0. The molecule has 2 N–H and O–H groups in total. The minimum Gasteiger partial charge on any atom is -0.493 e. The molecule has 0 aliphatic heterocycles. The number of hydrogen-bond donors (Lipinski definition) is 1. The third-order valence-corrected chi connectivity index (χ3v) is 5.34. The normalized spacial score (nSPS) is 11.8. The maximum atomic E-state index is 11.4. The van der Waals surface area contributed by atoms with Crippen molar-refractivity contribution < 1.29 is 17.9 Å². The minimum atomic E-state index is -3.58. The number of ether oxygens (including phenoxy) is 2. The summed E-state index contributed by atoms with van der Waals surface area (Å²) in [5.41, 5.74) is 3.31. The van der Waals surface area contributed by atoms with Gasteiger partial charge >= 0.3 is 0 Å². The van der Waals surface area contributed by atoms with Crippen LogP contribution in [0, 0.1) is 0 Å². The van der Waals surface area contributed by atoms with Gasteiger partial charge in [0.2, 0.25) is 10.0 Å². The molecule has 0 fully saturated rings. The van der Waals surface area contributed by atoms with E-state index in [1.807, 2.05) is 47.2 Å². The van der Waals surface area contributed by atoms with Crippen molar-refractivity contribution in [3.8, 4) is 17.2 Å². The predicted octanol–water partition coefficient (Wildman–Crippen LogP) is 2.98. The molecule has 0 atom stereocenters. The Kier molecular flexibility index (Phi) is 4.44. The van der Waals surface area contributed by atoms with Crippen LogP contribution in [0.2, 0.25) is 0 Å². The van der Waals surface area contributed by atoms with Gasteiger partial charge in [-0.15, -0.1) is 0 Å². The Bertz CT molecular complexity index is 1300. The lowest BCUT2D eigenvalue weighted by Gasteiger charge is -2.13. The number of hydrogen-bond acceptors (Lipinski definition) is 5. The molecule has 0 spiro atoms. The van der Waals surface area contributed by atoms with Crippen LogP contribution in [0.5, 0.6) is 11.5 Å². The Balaban J connectivity index is 1.89. The van der Waals surface area contributed by atoms with Gasteiger partial charge in [-0.3, -0.25) is 4.98 Å². The summed E-state index contributed by atoms with van der Waals surface area (Å²) in [6.07, 6.45) is 3.68. The van der Waals surface area contributed by atoms with E-state index in [4.69, 9.17) is 14.6 Å². The van der Waals surface area contributed by atoms with Crippen LogP contribution >= 0.6 is 0 Å². The van der Waals surface area contributed by atoms with Crippen molar-refractivity contribution in [3.63, 3.8) is 0 Å². The number of nitrogens with two attached hydrogens (primary N) is 1. The second kappa shape index (κ2) is 6.81. The molecule has 0 saturated carbocycles.